The van der Waals surface area contributed by atoms with E-state index in [9.17, 15) is 14.9 Å². The average Bonchev–Trinajstić information content (AvgIpc) is 2.38. The molecule has 1 rings (SSSR count). The van der Waals surface area contributed by atoms with Crippen LogP contribution in [0.25, 0.3) is 0 Å². The number of amides is 1. The van der Waals surface area contributed by atoms with E-state index >= 15 is 0 Å². The van der Waals surface area contributed by atoms with Gasteiger partial charge in [0.15, 0.2) is 0 Å². The zero-order chi connectivity index (χ0) is 15.3. The Balaban J connectivity index is 3.12. The number of alkyl halides is 1. The first-order chi connectivity index (χ1) is 9.34. The van der Waals surface area contributed by atoms with E-state index in [2.05, 4.69) is 5.32 Å². The quantitative estimate of drug-likeness (QED) is 0.497. The number of nitro groups is 1. The first kappa shape index (κ1) is 16.4. The molecule has 5 nitrogen and oxygen atoms in total. The fourth-order valence-electron chi connectivity index (χ4n) is 1.97. The largest absolute Gasteiger partial charge is 0.347 e. The van der Waals surface area contributed by atoms with Crippen molar-refractivity contribution in [2.24, 2.45) is 0 Å². The van der Waals surface area contributed by atoms with Gasteiger partial charge in [-0.25, -0.2) is 0 Å². The van der Waals surface area contributed by atoms with Crippen molar-refractivity contribution in [2.75, 3.05) is 5.88 Å². The number of rotatable bonds is 6. The maximum absolute atomic E-state index is 12.4. The van der Waals surface area contributed by atoms with E-state index in [4.69, 9.17) is 11.6 Å². The van der Waals surface area contributed by atoms with Gasteiger partial charge in [0.2, 0.25) is 0 Å². The van der Waals surface area contributed by atoms with Crippen LogP contribution < -0.4 is 5.32 Å². The van der Waals surface area contributed by atoms with Crippen LogP contribution >= 0.6 is 11.6 Å². The number of hydrogen-bond acceptors (Lipinski definition) is 3. The monoisotopic (exact) mass is 298 g/mol. The van der Waals surface area contributed by atoms with Crippen LogP contribution in [-0.2, 0) is 0 Å². The molecular formula is C14H19ClN2O3. The lowest BCUT2D eigenvalue weighted by Crippen LogP contribution is -2.46. The van der Waals surface area contributed by atoms with Gasteiger partial charge in [-0.2, -0.15) is 0 Å². The third-order valence-corrected chi connectivity index (χ3v) is 3.71. The predicted octanol–water partition coefficient (Wildman–Crippen LogP) is 3.43. The minimum absolute atomic E-state index is 0.117. The van der Waals surface area contributed by atoms with E-state index < -0.39 is 16.4 Å². The number of nitrogens with one attached hydrogen (secondary N) is 1. The molecule has 0 aliphatic rings. The molecule has 1 N–H and O–H groups in total. The van der Waals surface area contributed by atoms with Crippen molar-refractivity contribution in [3.63, 3.8) is 0 Å². The molecule has 1 amide bonds. The molecule has 0 heterocycles. The van der Waals surface area contributed by atoms with Gasteiger partial charge in [0.25, 0.3) is 11.6 Å². The highest BCUT2D eigenvalue weighted by molar-refractivity contribution is 6.17. The number of halogens is 1. The minimum atomic E-state index is -0.535. The van der Waals surface area contributed by atoms with Gasteiger partial charge >= 0.3 is 0 Å². The molecule has 0 bridgehead atoms. The summed E-state index contributed by atoms with van der Waals surface area (Å²) in [5.41, 5.74) is 0.0641. The van der Waals surface area contributed by atoms with Gasteiger partial charge in [-0.1, -0.05) is 19.1 Å². The standard InChI is InChI=1S/C14H19ClN2O3/c1-4-14(3,8-9-15)16-13(18)12-10(2)6-5-7-11(12)17(19)20/h5-7H,4,8-9H2,1-3H3,(H,16,18). The topological polar surface area (TPSA) is 72.2 Å². The molecule has 0 aromatic heterocycles. The van der Waals surface area contributed by atoms with Crippen LogP contribution in [0.3, 0.4) is 0 Å². The molecule has 0 saturated heterocycles. The van der Waals surface area contributed by atoms with E-state index in [0.717, 1.165) is 0 Å². The van der Waals surface area contributed by atoms with Crippen LogP contribution in [0.15, 0.2) is 18.2 Å². The first-order valence-corrected chi connectivity index (χ1v) is 7.00. The number of carbonyl (C=O) groups excluding carboxylic acids is 1. The van der Waals surface area contributed by atoms with E-state index in [-0.39, 0.29) is 11.3 Å². The van der Waals surface area contributed by atoms with Crippen molar-refractivity contribution >= 4 is 23.2 Å². The molecular weight excluding hydrogens is 280 g/mol. The second-order valence-corrected chi connectivity index (χ2v) is 5.41. The van der Waals surface area contributed by atoms with Crippen LogP contribution in [0.2, 0.25) is 0 Å². The normalized spacial score (nSPS) is 13.6. The van der Waals surface area contributed by atoms with Crippen LogP contribution in [0.4, 0.5) is 5.69 Å². The molecule has 1 atom stereocenters. The second-order valence-electron chi connectivity index (χ2n) is 5.03. The summed E-state index contributed by atoms with van der Waals surface area (Å²) in [6.07, 6.45) is 1.31. The first-order valence-electron chi connectivity index (χ1n) is 6.47. The third kappa shape index (κ3) is 3.70. The van der Waals surface area contributed by atoms with Crippen LogP contribution in [0.1, 0.15) is 42.6 Å². The number of nitrogens with zero attached hydrogens (tertiary/aromatic N) is 1. The van der Waals surface area contributed by atoms with Crippen molar-refractivity contribution in [1.82, 2.24) is 5.32 Å². The van der Waals surface area contributed by atoms with Gasteiger partial charge in [-0.3, -0.25) is 14.9 Å². The fourth-order valence-corrected chi connectivity index (χ4v) is 2.39. The summed E-state index contributed by atoms with van der Waals surface area (Å²) in [5.74, 6) is -0.00946. The number of carbonyl (C=O) groups is 1. The predicted molar refractivity (Wildman–Crippen MR) is 79.3 cm³/mol. The molecule has 20 heavy (non-hydrogen) atoms. The third-order valence-electron chi connectivity index (χ3n) is 3.52. The highest BCUT2D eigenvalue weighted by Crippen LogP contribution is 2.24. The number of aryl methyl sites for hydroxylation is 1. The zero-order valence-corrected chi connectivity index (χ0v) is 12.7. The van der Waals surface area contributed by atoms with E-state index in [0.29, 0.717) is 24.3 Å². The van der Waals surface area contributed by atoms with Crippen LogP contribution in [0, 0.1) is 17.0 Å². The number of nitro benzene ring substituents is 1. The van der Waals surface area contributed by atoms with Gasteiger partial charge in [0.1, 0.15) is 5.56 Å². The van der Waals surface area contributed by atoms with Crippen molar-refractivity contribution < 1.29 is 9.72 Å². The Morgan fingerprint density at radius 3 is 2.65 bits per heavy atom. The lowest BCUT2D eigenvalue weighted by Gasteiger charge is -2.29. The molecule has 0 aliphatic carbocycles. The number of hydrogen-bond donors (Lipinski definition) is 1. The lowest BCUT2D eigenvalue weighted by atomic mass is 9.94. The van der Waals surface area contributed by atoms with Gasteiger partial charge < -0.3 is 5.32 Å². The van der Waals surface area contributed by atoms with E-state index in [1.807, 2.05) is 13.8 Å². The summed E-state index contributed by atoms with van der Waals surface area (Å²) in [6.45, 7) is 5.52. The highest BCUT2D eigenvalue weighted by atomic mass is 35.5. The smallest absolute Gasteiger partial charge is 0.282 e. The lowest BCUT2D eigenvalue weighted by molar-refractivity contribution is -0.385. The van der Waals surface area contributed by atoms with Gasteiger partial charge in [0, 0.05) is 17.5 Å². The van der Waals surface area contributed by atoms with Gasteiger partial charge in [-0.15, -0.1) is 11.6 Å². The molecule has 6 heteroatoms. The summed E-state index contributed by atoms with van der Waals surface area (Å²) >= 11 is 5.75. The minimum Gasteiger partial charge on any atom is -0.347 e. The Labute approximate surface area is 123 Å². The van der Waals surface area contributed by atoms with Crippen LogP contribution in [-0.4, -0.2) is 22.2 Å². The van der Waals surface area contributed by atoms with Gasteiger partial charge in [-0.05, 0) is 32.3 Å². The average molecular weight is 299 g/mol. The van der Waals surface area contributed by atoms with E-state index in [1.165, 1.54) is 6.07 Å². The summed E-state index contributed by atoms with van der Waals surface area (Å²) in [6, 6.07) is 4.60. The highest BCUT2D eigenvalue weighted by Gasteiger charge is 2.28. The zero-order valence-electron chi connectivity index (χ0n) is 11.9. The molecule has 0 spiro atoms. The molecule has 1 aromatic carbocycles. The van der Waals surface area contributed by atoms with Crippen molar-refractivity contribution in [1.29, 1.82) is 0 Å². The molecule has 0 aliphatic heterocycles. The van der Waals surface area contributed by atoms with Crippen molar-refractivity contribution in [3.05, 3.63) is 39.4 Å². The fraction of sp³-hybridized carbons (Fsp3) is 0.500. The Bertz CT molecular complexity index is 519. The molecule has 1 unspecified atom stereocenters. The Kier molecular flexibility index (Phi) is 5.51. The van der Waals surface area contributed by atoms with Crippen molar-refractivity contribution in [3.8, 4) is 0 Å². The van der Waals surface area contributed by atoms with E-state index in [1.54, 1.807) is 19.1 Å². The molecule has 0 radical (unpaired) electrons. The maximum Gasteiger partial charge on any atom is 0.282 e. The molecule has 0 fully saturated rings. The Hall–Kier alpha value is -1.62. The summed E-state index contributed by atoms with van der Waals surface area (Å²) in [7, 11) is 0. The summed E-state index contributed by atoms with van der Waals surface area (Å²) in [4.78, 5) is 22.9. The molecule has 110 valence electrons. The Morgan fingerprint density at radius 2 is 2.15 bits per heavy atom. The van der Waals surface area contributed by atoms with Crippen LogP contribution in [0.5, 0.6) is 0 Å². The van der Waals surface area contributed by atoms with Gasteiger partial charge in [0.05, 0.1) is 4.92 Å². The summed E-state index contributed by atoms with van der Waals surface area (Å²) in [5, 5.41) is 13.9. The molecule has 1 aromatic rings. The summed E-state index contributed by atoms with van der Waals surface area (Å²) < 4.78 is 0. The molecule has 0 saturated carbocycles. The second kappa shape index (κ2) is 6.70. The Morgan fingerprint density at radius 1 is 1.50 bits per heavy atom. The SMILES string of the molecule is CCC(C)(CCCl)NC(=O)c1c(C)cccc1[N+](=O)[O-]. The van der Waals surface area contributed by atoms with Crippen molar-refractivity contribution in [2.45, 2.75) is 39.2 Å². The number of benzene rings is 1. The maximum atomic E-state index is 12.4.